The molecule has 5 heteroatoms. The topological polar surface area (TPSA) is 41.9 Å². The van der Waals surface area contributed by atoms with Crippen molar-refractivity contribution in [2.45, 2.75) is 0 Å². The fourth-order valence-corrected chi connectivity index (χ4v) is 2.81. The van der Waals surface area contributed by atoms with Gasteiger partial charge in [0.25, 0.3) is 0 Å². The zero-order valence-electron chi connectivity index (χ0n) is 14.8. The van der Waals surface area contributed by atoms with Crippen LogP contribution in [-0.4, -0.2) is 33.0 Å². The van der Waals surface area contributed by atoms with E-state index in [4.69, 9.17) is 18.9 Å². The fourth-order valence-electron chi connectivity index (χ4n) is 2.81. The number of aromatic nitrogens is 1. The summed E-state index contributed by atoms with van der Waals surface area (Å²) in [5.74, 6) is 2.65. The lowest BCUT2D eigenvalue weighted by molar-refractivity contribution is 0.324. The molecule has 0 bridgehead atoms. The SMILES string of the molecule is COc1ccc(-n2cccc2-c2cc(OC)c(OC)c(OC)c2)cc1. The van der Waals surface area contributed by atoms with Crippen LogP contribution in [0.5, 0.6) is 23.0 Å². The molecule has 0 aliphatic heterocycles. The van der Waals surface area contributed by atoms with Crippen molar-refractivity contribution in [3.63, 3.8) is 0 Å². The first kappa shape index (κ1) is 16.8. The van der Waals surface area contributed by atoms with Gasteiger partial charge in [-0.15, -0.1) is 0 Å². The first-order valence-corrected chi connectivity index (χ1v) is 7.84. The fraction of sp³-hybridized carbons (Fsp3) is 0.200. The predicted molar refractivity (Wildman–Crippen MR) is 97.4 cm³/mol. The number of methoxy groups -OCH3 is 4. The Morgan fingerprint density at radius 1 is 0.720 bits per heavy atom. The Bertz CT molecular complexity index is 827. The monoisotopic (exact) mass is 339 g/mol. The van der Waals surface area contributed by atoms with Crippen molar-refractivity contribution in [1.29, 1.82) is 0 Å². The van der Waals surface area contributed by atoms with E-state index in [9.17, 15) is 0 Å². The maximum atomic E-state index is 5.46. The molecule has 0 saturated carbocycles. The van der Waals surface area contributed by atoms with Gasteiger partial charge in [-0.2, -0.15) is 0 Å². The van der Waals surface area contributed by atoms with Gasteiger partial charge in [0, 0.05) is 17.4 Å². The highest BCUT2D eigenvalue weighted by Gasteiger charge is 2.16. The van der Waals surface area contributed by atoms with Gasteiger partial charge in [0.05, 0.1) is 34.1 Å². The summed E-state index contributed by atoms with van der Waals surface area (Å²) in [6, 6.07) is 15.8. The summed E-state index contributed by atoms with van der Waals surface area (Å²) in [6.45, 7) is 0. The molecule has 0 radical (unpaired) electrons. The van der Waals surface area contributed by atoms with Crippen LogP contribution in [0.25, 0.3) is 16.9 Å². The van der Waals surface area contributed by atoms with Crippen molar-refractivity contribution >= 4 is 0 Å². The number of rotatable bonds is 6. The predicted octanol–water partition coefficient (Wildman–Crippen LogP) is 4.18. The van der Waals surface area contributed by atoms with Crippen LogP contribution in [0.4, 0.5) is 0 Å². The van der Waals surface area contributed by atoms with Gasteiger partial charge in [0.2, 0.25) is 5.75 Å². The second kappa shape index (κ2) is 7.21. The molecule has 0 N–H and O–H groups in total. The Morgan fingerprint density at radius 3 is 1.88 bits per heavy atom. The minimum atomic E-state index is 0.580. The number of nitrogens with zero attached hydrogens (tertiary/aromatic N) is 1. The van der Waals surface area contributed by atoms with Gasteiger partial charge >= 0.3 is 0 Å². The highest BCUT2D eigenvalue weighted by Crippen LogP contribution is 2.41. The minimum absolute atomic E-state index is 0.580. The lowest BCUT2D eigenvalue weighted by atomic mass is 10.1. The molecular formula is C20H21NO4. The standard InChI is InChI=1S/C20H21NO4/c1-22-16-9-7-15(8-10-16)21-11-5-6-17(21)14-12-18(23-2)20(25-4)19(13-14)24-3/h5-13H,1-4H3. The summed E-state index contributed by atoms with van der Waals surface area (Å²) in [6.07, 6.45) is 2.01. The van der Waals surface area contributed by atoms with E-state index in [-0.39, 0.29) is 0 Å². The lowest BCUT2D eigenvalue weighted by Gasteiger charge is -2.16. The average molecular weight is 339 g/mol. The highest BCUT2D eigenvalue weighted by atomic mass is 16.5. The van der Waals surface area contributed by atoms with Crippen LogP contribution >= 0.6 is 0 Å². The van der Waals surface area contributed by atoms with Gasteiger partial charge < -0.3 is 23.5 Å². The lowest BCUT2D eigenvalue weighted by Crippen LogP contribution is -1.98. The van der Waals surface area contributed by atoms with Crippen molar-refractivity contribution in [2.24, 2.45) is 0 Å². The van der Waals surface area contributed by atoms with Gasteiger partial charge in [0.1, 0.15) is 5.75 Å². The Kier molecular flexibility index (Phi) is 4.84. The molecule has 2 aromatic carbocycles. The van der Waals surface area contributed by atoms with Crippen LogP contribution in [0, 0.1) is 0 Å². The zero-order chi connectivity index (χ0) is 17.8. The van der Waals surface area contributed by atoms with Crippen molar-refractivity contribution < 1.29 is 18.9 Å². The number of hydrogen-bond donors (Lipinski definition) is 0. The van der Waals surface area contributed by atoms with E-state index < -0.39 is 0 Å². The van der Waals surface area contributed by atoms with E-state index >= 15 is 0 Å². The normalized spacial score (nSPS) is 10.4. The third kappa shape index (κ3) is 3.13. The van der Waals surface area contributed by atoms with Crippen LogP contribution in [0.15, 0.2) is 54.7 Å². The summed E-state index contributed by atoms with van der Waals surface area (Å²) in [5.41, 5.74) is 3.02. The van der Waals surface area contributed by atoms with Crippen molar-refractivity contribution in [3.8, 4) is 39.9 Å². The van der Waals surface area contributed by atoms with Gasteiger partial charge in [-0.3, -0.25) is 0 Å². The maximum Gasteiger partial charge on any atom is 0.203 e. The van der Waals surface area contributed by atoms with E-state index in [0.29, 0.717) is 17.2 Å². The van der Waals surface area contributed by atoms with Gasteiger partial charge in [-0.25, -0.2) is 0 Å². The second-order valence-corrected chi connectivity index (χ2v) is 5.38. The first-order chi connectivity index (χ1) is 12.2. The van der Waals surface area contributed by atoms with Crippen LogP contribution in [0.1, 0.15) is 0 Å². The quantitative estimate of drug-likeness (QED) is 0.676. The molecule has 0 fully saturated rings. The van der Waals surface area contributed by atoms with E-state index in [0.717, 1.165) is 22.7 Å². The number of ether oxygens (including phenoxy) is 4. The minimum Gasteiger partial charge on any atom is -0.497 e. The smallest absolute Gasteiger partial charge is 0.203 e. The zero-order valence-corrected chi connectivity index (χ0v) is 14.8. The third-order valence-corrected chi connectivity index (χ3v) is 4.06. The van der Waals surface area contributed by atoms with E-state index in [2.05, 4.69) is 4.57 Å². The largest absolute Gasteiger partial charge is 0.497 e. The molecule has 0 saturated heterocycles. The van der Waals surface area contributed by atoms with Crippen LogP contribution in [0.2, 0.25) is 0 Å². The second-order valence-electron chi connectivity index (χ2n) is 5.38. The molecule has 0 unspecified atom stereocenters. The third-order valence-electron chi connectivity index (χ3n) is 4.06. The molecule has 0 aliphatic rings. The number of hydrogen-bond acceptors (Lipinski definition) is 4. The van der Waals surface area contributed by atoms with E-state index in [1.807, 2.05) is 54.7 Å². The molecule has 1 heterocycles. The molecule has 0 atom stereocenters. The molecule has 3 rings (SSSR count). The maximum absolute atomic E-state index is 5.46. The summed E-state index contributed by atoms with van der Waals surface area (Å²) in [4.78, 5) is 0. The molecule has 5 nitrogen and oxygen atoms in total. The first-order valence-electron chi connectivity index (χ1n) is 7.84. The van der Waals surface area contributed by atoms with E-state index in [1.165, 1.54) is 0 Å². The Balaban J connectivity index is 2.10. The van der Waals surface area contributed by atoms with Gasteiger partial charge in [-0.05, 0) is 48.5 Å². The van der Waals surface area contributed by atoms with Crippen molar-refractivity contribution in [1.82, 2.24) is 4.57 Å². The summed E-state index contributed by atoms with van der Waals surface area (Å²) in [5, 5.41) is 0. The van der Waals surface area contributed by atoms with Crippen molar-refractivity contribution in [2.75, 3.05) is 28.4 Å². The molecular weight excluding hydrogens is 318 g/mol. The Labute approximate surface area is 147 Å². The van der Waals surface area contributed by atoms with Gasteiger partial charge in [-0.1, -0.05) is 0 Å². The average Bonchev–Trinajstić information content (AvgIpc) is 3.16. The molecule has 0 aliphatic carbocycles. The molecule has 0 spiro atoms. The summed E-state index contributed by atoms with van der Waals surface area (Å²) >= 11 is 0. The summed E-state index contributed by atoms with van der Waals surface area (Å²) < 4.78 is 23.7. The Hall–Kier alpha value is -3.08. The molecule has 0 amide bonds. The van der Waals surface area contributed by atoms with Gasteiger partial charge in [0.15, 0.2) is 11.5 Å². The van der Waals surface area contributed by atoms with Crippen molar-refractivity contribution in [3.05, 3.63) is 54.7 Å². The number of benzene rings is 2. The van der Waals surface area contributed by atoms with Crippen LogP contribution in [-0.2, 0) is 0 Å². The molecule has 1 aromatic heterocycles. The summed E-state index contributed by atoms with van der Waals surface area (Å²) in [7, 11) is 6.49. The molecule has 25 heavy (non-hydrogen) atoms. The highest BCUT2D eigenvalue weighted by molar-refractivity contribution is 5.70. The molecule has 3 aromatic rings. The molecule has 130 valence electrons. The van der Waals surface area contributed by atoms with E-state index in [1.54, 1.807) is 28.4 Å². The van der Waals surface area contributed by atoms with Crippen LogP contribution in [0.3, 0.4) is 0 Å². The Morgan fingerprint density at radius 2 is 1.36 bits per heavy atom. The van der Waals surface area contributed by atoms with Crippen LogP contribution < -0.4 is 18.9 Å².